The van der Waals surface area contributed by atoms with E-state index in [-0.39, 0.29) is 10.9 Å². The normalized spacial score (nSPS) is 10.2. The molecule has 0 aliphatic carbocycles. The Morgan fingerprint density at radius 1 is 1.31 bits per heavy atom. The number of hydrogen-bond donors (Lipinski definition) is 1. The van der Waals surface area contributed by atoms with Crippen molar-refractivity contribution in [2.75, 3.05) is 0 Å². The molecule has 0 saturated heterocycles. The van der Waals surface area contributed by atoms with Gasteiger partial charge >= 0.3 is 0 Å². The third kappa shape index (κ3) is 1.05. The van der Waals surface area contributed by atoms with Crippen LogP contribution in [-0.4, -0.2) is 4.98 Å². The van der Waals surface area contributed by atoms with Gasteiger partial charge in [-0.2, -0.15) is 5.26 Å². The monoisotopic (exact) mass is 178 g/mol. The summed E-state index contributed by atoms with van der Waals surface area (Å²) in [5.74, 6) is -1.37. The molecular formula is C9H4F2N2. The highest BCUT2D eigenvalue weighted by Crippen LogP contribution is 2.21. The van der Waals surface area contributed by atoms with Gasteiger partial charge in [0.15, 0.2) is 0 Å². The molecule has 0 unspecified atom stereocenters. The first-order valence-corrected chi connectivity index (χ1v) is 3.58. The number of aromatic nitrogens is 1. The van der Waals surface area contributed by atoms with E-state index >= 15 is 0 Å². The average molecular weight is 178 g/mol. The van der Waals surface area contributed by atoms with Crippen molar-refractivity contribution >= 4 is 10.9 Å². The molecule has 2 nitrogen and oxygen atoms in total. The number of rotatable bonds is 0. The van der Waals surface area contributed by atoms with Crippen LogP contribution in [0.3, 0.4) is 0 Å². The summed E-state index contributed by atoms with van der Waals surface area (Å²) in [6.07, 6.45) is 1.35. The molecular weight excluding hydrogens is 174 g/mol. The topological polar surface area (TPSA) is 39.6 Å². The van der Waals surface area contributed by atoms with Crippen molar-refractivity contribution in [1.29, 1.82) is 5.26 Å². The van der Waals surface area contributed by atoms with Gasteiger partial charge in [0.25, 0.3) is 0 Å². The highest BCUT2D eigenvalue weighted by Gasteiger charge is 2.09. The predicted octanol–water partition coefficient (Wildman–Crippen LogP) is 2.32. The van der Waals surface area contributed by atoms with Gasteiger partial charge in [-0.1, -0.05) is 0 Å². The van der Waals surface area contributed by atoms with E-state index in [0.717, 1.165) is 12.1 Å². The minimum absolute atomic E-state index is 0.143. The van der Waals surface area contributed by atoms with Gasteiger partial charge in [-0.15, -0.1) is 0 Å². The first-order chi connectivity index (χ1) is 6.22. The molecule has 0 atom stereocenters. The van der Waals surface area contributed by atoms with E-state index in [1.165, 1.54) is 6.20 Å². The molecule has 0 radical (unpaired) electrons. The van der Waals surface area contributed by atoms with Crippen LogP contribution >= 0.6 is 0 Å². The molecule has 1 aromatic heterocycles. The van der Waals surface area contributed by atoms with Crippen molar-refractivity contribution in [1.82, 2.24) is 4.98 Å². The van der Waals surface area contributed by atoms with Gasteiger partial charge in [-0.25, -0.2) is 8.78 Å². The highest BCUT2D eigenvalue weighted by molar-refractivity contribution is 5.86. The Labute approximate surface area is 72.4 Å². The van der Waals surface area contributed by atoms with E-state index in [1.807, 2.05) is 6.07 Å². The van der Waals surface area contributed by atoms with E-state index in [0.29, 0.717) is 5.52 Å². The van der Waals surface area contributed by atoms with Crippen LogP contribution in [0.5, 0.6) is 0 Å². The molecule has 2 aromatic rings. The Morgan fingerprint density at radius 2 is 2.08 bits per heavy atom. The average Bonchev–Trinajstić information content (AvgIpc) is 2.47. The van der Waals surface area contributed by atoms with Crippen LogP contribution in [0.4, 0.5) is 8.78 Å². The molecule has 64 valence electrons. The summed E-state index contributed by atoms with van der Waals surface area (Å²) < 4.78 is 25.8. The molecule has 1 aromatic carbocycles. The van der Waals surface area contributed by atoms with E-state index in [2.05, 4.69) is 4.98 Å². The maximum atomic E-state index is 13.1. The molecule has 0 aliphatic heterocycles. The second-order valence-corrected chi connectivity index (χ2v) is 2.62. The lowest BCUT2D eigenvalue weighted by Gasteiger charge is -1.93. The molecule has 0 amide bonds. The van der Waals surface area contributed by atoms with Gasteiger partial charge in [-0.3, -0.25) is 0 Å². The zero-order chi connectivity index (χ0) is 9.42. The van der Waals surface area contributed by atoms with Crippen LogP contribution in [0.2, 0.25) is 0 Å². The summed E-state index contributed by atoms with van der Waals surface area (Å²) in [5.41, 5.74) is 0.488. The minimum Gasteiger partial charge on any atom is -0.360 e. The maximum absolute atomic E-state index is 13.1. The molecule has 0 fully saturated rings. The predicted molar refractivity (Wildman–Crippen MR) is 42.9 cm³/mol. The lowest BCUT2D eigenvalue weighted by atomic mass is 10.2. The summed E-state index contributed by atoms with van der Waals surface area (Å²) in [4.78, 5) is 2.62. The lowest BCUT2D eigenvalue weighted by Crippen LogP contribution is -1.82. The van der Waals surface area contributed by atoms with Crippen molar-refractivity contribution in [2.24, 2.45) is 0 Å². The molecule has 13 heavy (non-hydrogen) atoms. The van der Waals surface area contributed by atoms with Crippen molar-refractivity contribution in [2.45, 2.75) is 0 Å². The Bertz CT molecular complexity index is 508. The third-order valence-electron chi connectivity index (χ3n) is 1.82. The fourth-order valence-corrected chi connectivity index (χ4v) is 1.27. The fourth-order valence-electron chi connectivity index (χ4n) is 1.27. The van der Waals surface area contributed by atoms with Crippen LogP contribution in [0, 0.1) is 23.0 Å². The number of halogens is 2. The van der Waals surface area contributed by atoms with Gasteiger partial charge in [0.05, 0.1) is 16.5 Å². The number of H-pyrrole nitrogens is 1. The van der Waals surface area contributed by atoms with E-state index in [4.69, 9.17) is 5.26 Å². The van der Waals surface area contributed by atoms with Crippen LogP contribution < -0.4 is 0 Å². The summed E-state index contributed by atoms with van der Waals surface area (Å²) in [5, 5.41) is 8.73. The summed E-state index contributed by atoms with van der Waals surface area (Å²) in [6.45, 7) is 0. The highest BCUT2D eigenvalue weighted by atomic mass is 19.1. The maximum Gasteiger partial charge on any atom is 0.136 e. The quantitative estimate of drug-likeness (QED) is 0.660. The van der Waals surface area contributed by atoms with Crippen LogP contribution in [-0.2, 0) is 0 Å². The van der Waals surface area contributed by atoms with Gasteiger partial charge in [0, 0.05) is 12.3 Å². The molecule has 4 heteroatoms. The van der Waals surface area contributed by atoms with Crippen LogP contribution in [0.15, 0.2) is 18.3 Å². The Balaban J connectivity index is 2.92. The van der Waals surface area contributed by atoms with E-state index < -0.39 is 11.6 Å². The molecule has 0 spiro atoms. The van der Waals surface area contributed by atoms with E-state index in [9.17, 15) is 8.78 Å². The number of nitriles is 1. The molecule has 0 saturated carbocycles. The summed E-state index contributed by atoms with van der Waals surface area (Å²) >= 11 is 0. The van der Waals surface area contributed by atoms with Crippen molar-refractivity contribution in [3.8, 4) is 6.07 Å². The summed E-state index contributed by atoms with van der Waals surface area (Å²) in [6, 6.07) is 3.73. The molecule has 0 aliphatic rings. The number of fused-ring (bicyclic) bond motifs is 1. The van der Waals surface area contributed by atoms with Gasteiger partial charge < -0.3 is 4.98 Å². The number of nitrogens with one attached hydrogen (secondary N) is 1. The number of nitrogens with zero attached hydrogens (tertiary/aromatic N) is 1. The number of aromatic amines is 1. The summed E-state index contributed by atoms with van der Waals surface area (Å²) in [7, 11) is 0. The largest absolute Gasteiger partial charge is 0.360 e. The molecule has 1 N–H and O–H groups in total. The fraction of sp³-hybridized carbons (Fsp3) is 0. The van der Waals surface area contributed by atoms with Crippen molar-refractivity contribution < 1.29 is 8.78 Å². The van der Waals surface area contributed by atoms with Gasteiger partial charge in [-0.05, 0) is 6.07 Å². The first-order valence-electron chi connectivity index (χ1n) is 3.58. The number of benzene rings is 1. The van der Waals surface area contributed by atoms with Crippen LogP contribution in [0.25, 0.3) is 10.9 Å². The smallest absolute Gasteiger partial charge is 0.136 e. The van der Waals surface area contributed by atoms with Gasteiger partial charge in [0.1, 0.15) is 17.7 Å². The first kappa shape index (κ1) is 7.74. The SMILES string of the molecule is N#Cc1c[nH]c2cc(F)cc(F)c12. The third-order valence-corrected chi connectivity index (χ3v) is 1.82. The minimum atomic E-state index is -0.715. The zero-order valence-electron chi connectivity index (χ0n) is 6.44. The van der Waals surface area contributed by atoms with Crippen molar-refractivity contribution in [3.05, 3.63) is 35.5 Å². The lowest BCUT2D eigenvalue weighted by molar-refractivity contribution is 0.592. The van der Waals surface area contributed by atoms with E-state index in [1.54, 1.807) is 0 Å². The molecule has 0 bridgehead atoms. The second-order valence-electron chi connectivity index (χ2n) is 2.62. The molecule has 1 heterocycles. The Morgan fingerprint density at radius 3 is 2.77 bits per heavy atom. The Hall–Kier alpha value is -1.89. The van der Waals surface area contributed by atoms with Crippen LogP contribution in [0.1, 0.15) is 5.56 Å². The zero-order valence-corrected chi connectivity index (χ0v) is 6.44. The Kier molecular flexibility index (Phi) is 1.52. The molecule has 2 rings (SSSR count). The number of hydrogen-bond acceptors (Lipinski definition) is 1. The van der Waals surface area contributed by atoms with Crippen molar-refractivity contribution in [3.63, 3.8) is 0 Å². The second kappa shape index (κ2) is 2.56. The van der Waals surface area contributed by atoms with Gasteiger partial charge in [0.2, 0.25) is 0 Å². The standard InChI is InChI=1S/C9H4F2N2/c10-6-1-7(11)9-5(3-12)4-13-8(9)2-6/h1-2,4,13H.